The summed E-state index contributed by atoms with van der Waals surface area (Å²) < 4.78 is 0.935. The van der Waals surface area contributed by atoms with Crippen LogP contribution < -0.4 is 5.32 Å². The minimum absolute atomic E-state index is 0.0569. The number of aliphatic hydroxyl groups excluding tert-OH is 1. The SMILES string of the molecule is C=C1C=C(Sc2ncc(CO)s2)C=CN1. The largest absolute Gasteiger partial charge is 0.391 e. The number of nitrogens with zero attached hydrogens (tertiary/aromatic N) is 1. The van der Waals surface area contributed by atoms with Crippen LogP contribution in [0.2, 0.25) is 0 Å². The fourth-order valence-electron chi connectivity index (χ4n) is 1.07. The van der Waals surface area contributed by atoms with Gasteiger partial charge in [-0.1, -0.05) is 18.3 Å². The Balaban J connectivity index is 2.08. The zero-order chi connectivity index (χ0) is 10.7. The highest BCUT2D eigenvalue weighted by Crippen LogP contribution is 2.32. The number of allylic oxidation sites excluding steroid dienone is 2. The molecule has 3 nitrogen and oxygen atoms in total. The van der Waals surface area contributed by atoms with E-state index in [0.717, 1.165) is 19.8 Å². The van der Waals surface area contributed by atoms with Gasteiger partial charge in [-0.2, -0.15) is 0 Å². The second-order valence-electron chi connectivity index (χ2n) is 2.90. The molecule has 0 bridgehead atoms. The number of aromatic nitrogens is 1. The summed E-state index contributed by atoms with van der Waals surface area (Å²) >= 11 is 3.08. The zero-order valence-electron chi connectivity index (χ0n) is 7.93. The van der Waals surface area contributed by atoms with Crippen LogP contribution in [-0.4, -0.2) is 10.1 Å². The van der Waals surface area contributed by atoms with Crippen LogP contribution in [0.3, 0.4) is 0 Å². The zero-order valence-corrected chi connectivity index (χ0v) is 9.57. The van der Waals surface area contributed by atoms with E-state index in [1.807, 2.05) is 18.4 Å². The maximum Gasteiger partial charge on any atom is 0.154 e. The normalized spacial score (nSPS) is 15.0. The van der Waals surface area contributed by atoms with Gasteiger partial charge in [-0.05, 0) is 12.2 Å². The number of rotatable bonds is 3. The van der Waals surface area contributed by atoms with Crippen LogP contribution in [-0.2, 0) is 6.61 Å². The molecule has 0 aromatic carbocycles. The molecule has 78 valence electrons. The second-order valence-corrected chi connectivity index (χ2v) is 5.34. The molecular weight excluding hydrogens is 228 g/mol. The van der Waals surface area contributed by atoms with Crippen molar-refractivity contribution in [1.29, 1.82) is 0 Å². The molecule has 0 saturated carbocycles. The first kappa shape index (κ1) is 10.5. The van der Waals surface area contributed by atoms with Gasteiger partial charge in [0.25, 0.3) is 0 Å². The highest BCUT2D eigenvalue weighted by molar-refractivity contribution is 8.04. The van der Waals surface area contributed by atoms with Crippen LogP contribution in [0.5, 0.6) is 0 Å². The molecule has 2 N–H and O–H groups in total. The molecule has 1 aliphatic heterocycles. The van der Waals surface area contributed by atoms with Crippen molar-refractivity contribution in [3.05, 3.63) is 46.6 Å². The molecule has 0 fully saturated rings. The van der Waals surface area contributed by atoms with Gasteiger partial charge in [0.05, 0.1) is 11.5 Å². The molecule has 1 aromatic heterocycles. The molecule has 2 rings (SSSR count). The third-order valence-electron chi connectivity index (χ3n) is 1.73. The van der Waals surface area contributed by atoms with E-state index < -0.39 is 0 Å². The second kappa shape index (κ2) is 4.65. The average Bonchev–Trinajstić information content (AvgIpc) is 2.65. The van der Waals surface area contributed by atoms with E-state index in [1.54, 1.807) is 18.0 Å². The molecule has 1 aliphatic rings. The number of thiazole rings is 1. The summed E-state index contributed by atoms with van der Waals surface area (Å²) in [7, 11) is 0. The highest BCUT2D eigenvalue weighted by atomic mass is 32.2. The Kier molecular flexibility index (Phi) is 3.25. The smallest absolute Gasteiger partial charge is 0.154 e. The monoisotopic (exact) mass is 238 g/mol. The van der Waals surface area contributed by atoms with Crippen molar-refractivity contribution in [3.63, 3.8) is 0 Å². The molecule has 1 aromatic rings. The molecule has 0 atom stereocenters. The molecule has 0 aliphatic carbocycles. The first-order valence-corrected chi connectivity index (χ1v) is 5.98. The van der Waals surface area contributed by atoms with Crippen molar-refractivity contribution in [3.8, 4) is 0 Å². The number of dihydropyridines is 1. The predicted molar refractivity (Wildman–Crippen MR) is 63.4 cm³/mol. The van der Waals surface area contributed by atoms with Gasteiger partial charge in [0, 0.05) is 23.0 Å². The van der Waals surface area contributed by atoms with Crippen LogP contribution in [0.1, 0.15) is 4.88 Å². The van der Waals surface area contributed by atoms with Crippen molar-refractivity contribution >= 4 is 23.1 Å². The number of aliphatic hydroxyl groups is 1. The Hall–Kier alpha value is -1.04. The van der Waals surface area contributed by atoms with Crippen molar-refractivity contribution in [2.24, 2.45) is 0 Å². The number of hydrogen-bond acceptors (Lipinski definition) is 5. The van der Waals surface area contributed by atoms with E-state index in [2.05, 4.69) is 16.9 Å². The Morgan fingerprint density at radius 3 is 3.13 bits per heavy atom. The first-order valence-electron chi connectivity index (χ1n) is 4.35. The standard InChI is InChI=1S/C10H10N2OS2/c1-7-4-8(2-3-11-7)14-10-12-5-9(6-13)15-10/h2-5,11,13H,1,6H2. The lowest BCUT2D eigenvalue weighted by Gasteiger charge is -2.07. The van der Waals surface area contributed by atoms with Crippen LogP contribution in [0.25, 0.3) is 0 Å². The third kappa shape index (κ3) is 2.71. The quantitative estimate of drug-likeness (QED) is 0.847. The van der Waals surface area contributed by atoms with Crippen molar-refractivity contribution < 1.29 is 5.11 Å². The van der Waals surface area contributed by atoms with Gasteiger partial charge in [0.1, 0.15) is 0 Å². The van der Waals surface area contributed by atoms with Crippen molar-refractivity contribution in [2.75, 3.05) is 0 Å². The number of nitrogens with one attached hydrogen (secondary N) is 1. The van der Waals surface area contributed by atoms with E-state index in [1.165, 1.54) is 11.3 Å². The van der Waals surface area contributed by atoms with Crippen LogP contribution in [0.4, 0.5) is 0 Å². The van der Waals surface area contributed by atoms with E-state index in [4.69, 9.17) is 5.11 Å². The molecule has 0 saturated heterocycles. The Morgan fingerprint density at radius 2 is 2.47 bits per heavy atom. The Morgan fingerprint density at radius 1 is 1.60 bits per heavy atom. The predicted octanol–water partition coefficient (Wildman–Crippen LogP) is 2.24. The maximum absolute atomic E-state index is 8.91. The van der Waals surface area contributed by atoms with Crippen LogP contribution >= 0.6 is 23.1 Å². The van der Waals surface area contributed by atoms with Gasteiger partial charge in [-0.15, -0.1) is 11.3 Å². The summed E-state index contributed by atoms with van der Waals surface area (Å²) in [5.74, 6) is 0. The topological polar surface area (TPSA) is 45.2 Å². The molecule has 5 heteroatoms. The molecule has 0 amide bonds. The van der Waals surface area contributed by atoms with Gasteiger partial charge in [-0.25, -0.2) is 4.98 Å². The molecule has 15 heavy (non-hydrogen) atoms. The lowest BCUT2D eigenvalue weighted by Crippen LogP contribution is -2.04. The van der Waals surface area contributed by atoms with Crippen molar-refractivity contribution in [2.45, 2.75) is 10.9 Å². The minimum Gasteiger partial charge on any atom is -0.391 e. The maximum atomic E-state index is 8.91. The highest BCUT2D eigenvalue weighted by Gasteiger charge is 2.06. The summed E-state index contributed by atoms with van der Waals surface area (Å²) in [6.45, 7) is 3.88. The molecular formula is C10H10N2OS2. The third-order valence-corrected chi connectivity index (χ3v) is 3.77. The number of thioether (sulfide) groups is 1. The fourth-order valence-corrected chi connectivity index (χ4v) is 2.99. The lowest BCUT2D eigenvalue weighted by atomic mass is 10.3. The molecule has 0 unspecified atom stereocenters. The summed E-state index contributed by atoms with van der Waals surface area (Å²) in [5.41, 5.74) is 0.874. The summed E-state index contributed by atoms with van der Waals surface area (Å²) in [5, 5.41) is 11.9. The Bertz CT molecular complexity index is 434. The average molecular weight is 238 g/mol. The van der Waals surface area contributed by atoms with Gasteiger partial charge in [-0.3, -0.25) is 0 Å². The van der Waals surface area contributed by atoms with E-state index >= 15 is 0 Å². The molecule has 0 spiro atoms. The van der Waals surface area contributed by atoms with E-state index in [-0.39, 0.29) is 6.61 Å². The fraction of sp³-hybridized carbons (Fsp3) is 0.100. The first-order chi connectivity index (χ1) is 7.28. The van der Waals surface area contributed by atoms with E-state index in [9.17, 15) is 0 Å². The summed E-state index contributed by atoms with van der Waals surface area (Å²) in [6, 6.07) is 0. The summed E-state index contributed by atoms with van der Waals surface area (Å²) in [6.07, 6.45) is 7.49. The van der Waals surface area contributed by atoms with Gasteiger partial charge < -0.3 is 10.4 Å². The molecule has 0 radical (unpaired) electrons. The number of hydrogen-bond donors (Lipinski definition) is 2. The van der Waals surface area contributed by atoms with Gasteiger partial charge >= 0.3 is 0 Å². The van der Waals surface area contributed by atoms with Gasteiger partial charge in [0.15, 0.2) is 4.34 Å². The summed E-state index contributed by atoms with van der Waals surface area (Å²) in [4.78, 5) is 6.18. The van der Waals surface area contributed by atoms with Crippen molar-refractivity contribution in [1.82, 2.24) is 10.3 Å². The lowest BCUT2D eigenvalue weighted by molar-refractivity contribution is 0.285. The van der Waals surface area contributed by atoms with Crippen LogP contribution in [0, 0.1) is 0 Å². The van der Waals surface area contributed by atoms with Crippen LogP contribution in [0.15, 0.2) is 46.1 Å². The molecule has 2 heterocycles. The Labute approximate surface area is 96.2 Å². The van der Waals surface area contributed by atoms with Gasteiger partial charge in [0.2, 0.25) is 0 Å². The minimum atomic E-state index is 0.0569. The van der Waals surface area contributed by atoms with E-state index in [0.29, 0.717) is 0 Å².